The van der Waals surface area contributed by atoms with Crippen LogP contribution < -0.4 is 10.2 Å². The molecule has 4 aliphatic heterocycles. The second-order valence-electron chi connectivity index (χ2n) is 11.5. The van der Waals surface area contributed by atoms with Gasteiger partial charge in [-0.05, 0) is 63.3 Å². The number of hydrogen-bond donors (Lipinski definition) is 1. The zero-order chi connectivity index (χ0) is 26.1. The molecular formula is C31H41N5O2. The van der Waals surface area contributed by atoms with Gasteiger partial charge in [0.25, 0.3) is 5.91 Å². The third-order valence-corrected chi connectivity index (χ3v) is 8.93. The molecule has 38 heavy (non-hydrogen) atoms. The maximum Gasteiger partial charge on any atom is 0.255 e. The van der Waals surface area contributed by atoms with Crippen molar-refractivity contribution >= 4 is 23.2 Å². The minimum atomic E-state index is 0.0286. The summed E-state index contributed by atoms with van der Waals surface area (Å²) in [6.07, 6.45) is 15.3. The molecule has 0 aromatic heterocycles. The van der Waals surface area contributed by atoms with E-state index >= 15 is 0 Å². The largest absolute Gasteiger partial charge is 0.368 e. The van der Waals surface area contributed by atoms with E-state index < -0.39 is 0 Å². The average Bonchev–Trinajstić information content (AvgIpc) is 3.32. The fourth-order valence-electron chi connectivity index (χ4n) is 6.78. The van der Waals surface area contributed by atoms with E-state index in [2.05, 4.69) is 57.3 Å². The standard InChI is InChI=1S/C31H41N5O2/c1-23-29(36-22-26(13-14-28(36)32-23)31(38)34-15-6-3-7-16-34)25-11-8-12-27(21-25)33-17-19-35(20-18-33)30(37)24-9-4-2-5-10-24/h8,11-14,21-22,24,28,32H,2-7,9-10,15-20H2,1H3. The zero-order valence-electron chi connectivity index (χ0n) is 22.7. The Labute approximate surface area is 226 Å². The van der Waals surface area contributed by atoms with E-state index in [-0.39, 0.29) is 18.0 Å². The minimum absolute atomic E-state index is 0.0286. The first-order valence-corrected chi connectivity index (χ1v) is 14.7. The molecule has 1 unspecified atom stereocenters. The molecule has 1 aromatic carbocycles. The molecule has 3 fully saturated rings. The number of nitrogens with zero attached hydrogens (tertiary/aromatic N) is 4. The monoisotopic (exact) mass is 515 g/mol. The van der Waals surface area contributed by atoms with E-state index in [4.69, 9.17) is 0 Å². The quantitative estimate of drug-likeness (QED) is 0.648. The third kappa shape index (κ3) is 4.95. The van der Waals surface area contributed by atoms with Crippen molar-refractivity contribution < 1.29 is 9.59 Å². The van der Waals surface area contributed by atoms with Crippen LogP contribution in [0.3, 0.4) is 0 Å². The molecule has 1 saturated carbocycles. The van der Waals surface area contributed by atoms with Gasteiger partial charge in [-0.1, -0.05) is 31.4 Å². The number of piperidine rings is 1. The summed E-state index contributed by atoms with van der Waals surface area (Å²) in [6, 6.07) is 8.73. The Hall–Kier alpha value is -3.22. The van der Waals surface area contributed by atoms with Crippen LogP contribution in [-0.2, 0) is 9.59 Å². The average molecular weight is 516 g/mol. The summed E-state index contributed by atoms with van der Waals surface area (Å²) in [6.45, 7) is 7.15. The smallest absolute Gasteiger partial charge is 0.255 e. The first-order valence-electron chi connectivity index (χ1n) is 14.7. The maximum atomic E-state index is 13.2. The Kier molecular flexibility index (Phi) is 7.18. The number of nitrogens with one attached hydrogen (secondary N) is 1. The summed E-state index contributed by atoms with van der Waals surface area (Å²) in [5.41, 5.74) is 5.33. The second kappa shape index (κ2) is 10.9. The van der Waals surface area contributed by atoms with Crippen molar-refractivity contribution in [3.8, 4) is 0 Å². The lowest BCUT2D eigenvalue weighted by molar-refractivity contribution is -0.136. The first kappa shape index (κ1) is 25.1. The van der Waals surface area contributed by atoms with Crippen LogP contribution in [0.1, 0.15) is 63.9 Å². The molecule has 0 bridgehead atoms. The van der Waals surface area contributed by atoms with Gasteiger partial charge in [-0.25, -0.2) is 0 Å². The minimum Gasteiger partial charge on any atom is -0.368 e. The highest BCUT2D eigenvalue weighted by Crippen LogP contribution is 2.35. The predicted octanol–water partition coefficient (Wildman–Crippen LogP) is 4.30. The highest BCUT2D eigenvalue weighted by molar-refractivity contribution is 5.97. The van der Waals surface area contributed by atoms with Gasteiger partial charge in [0.05, 0.1) is 11.3 Å². The van der Waals surface area contributed by atoms with E-state index in [0.717, 1.165) is 87.5 Å². The van der Waals surface area contributed by atoms with E-state index in [0.29, 0.717) is 5.91 Å². The Morgan fingerprint density at radius 3 is 2.37 bits per heavy atom. The number of fused-ring (bicyclic) bond motifs is 1. The van der Waals surface area contributed by atoms with Gasteiger partial charge in [0.2, 0.25) is 5.91 Å². The third-order valence-electron chi connectivity index (χ3n) is 8.93. The van der Waals surface area contributed by atoms with Crippen molar-refractivity contribution in [1.29, 1.82) is 0 Å². The Bertz CT molecular complexity index is 1150. The van der Waals surface area contributed by atoms with Crippen molar-refractivity contribution in [2.75, 3.05) is 44.2 Å². The molecule has 5 aliphatic rings. The van der Waals surface area contributed by atoms with E-state index in [1.807, 2.05) is 17.2 Å². The number of piperazine rings is 1. The van der Waals surface area contributed by atoms with E-state index in [1.54, 1.807) is 0 Å². The molecule has 202 valence electrons. The number of carbonyl (C=O) groups is 2. The molecule has 6 rings (SSSR count). The van der Waals surface area contributed by atoms with Crippen LogP contribution >= 0.6 is 0 Å². The topological polar surface area (TPSA) is 59.1 Å². The zero-order valence-corrected chi connectivity index (χ0v) is 22.7. The molecule has 7 heteroatoms. The number of benzene rings is 1. The summed E-state index contributed by atoms with van der Waals surface area (Å²) in [4.78, 5) is 34.9. The lowest BCUT2D eigenvalue weighted by atomic mass is 9.88. The summed E-state index contributed by atoms with van der Waals surface area (Å²) >= 11 is 0. The number of carbonyl (C=O) groups excluding carboxylic acids is 2. The van der Waals surface area contributed by atoms with Crippen LogP contribution in [0.2, 0.25) is 0 Å². The molecule has 1 aliphatic carbocycles. The number of hydrogen-bond acceptors (Lipinski definition) is 5. The van der Waals surface area contributed by atoms with Gasteiger partial charge in [-0.3, -0.25) is 9.59 Å². The van der Waals surface area contributed by atoms with Crippen molar-refractivity contribution in [3.63, 3.8) is 0 Å². The van der Waals surface area contributed by atoms with Crippen molar-refractivity contribution in [3.05, 3.63) is 59.5 Å². The number of rotatable bonds is 4. The molecule has 7 nitrogen and oxygen atoms in total. The summed E-state index contributed by atoms with van der Waals surface area (Å²) in [7, 11) is 0. The van der Waals surface area contributed by atoms with Gasteiger partial charge in [-0.2, -0.15) is 0 Å². The van der Waals surface area contributed by atoms with Gasteiger partial charge < -0.3 is 24.9 Å². The van der Waals surface area contributed by atoms with Crippen LogP contribution in [0.4, 0.5) is 5.69 Å². The molecule has 1 aromatic rings. The molecule has 2 saturated heterocycles. The summed E-state index contributed by atoms with van der Waals surface area (Å²) in [5.74, 6) is 0.759. The summed E-state index contributed by atoms with van der Waals surface area (Å²) < 4.78 is 0. The van der Waals surface area contributed by atoms with Crippen LogP contribution in [0.25, 0.3) is 5.70 Å². The van der Waals surface area contributed by atoms with Crippen LogP contribution in [0, 0.1) is 5.92 Å². The number of likely N-dealkylation sites (tertiary alicyclic amines) is 1. The molecular weight excluding hydrogens is 474 g/mol. The molecule has 1 N–H and O–H groups in total. The van der Waals surface area contributed by atoms with Crippen molar-refractivity contribution in [2.24, 2.45) is 5.92 Å². The van der Waals surface area contributed by atoms with Crippen LogP contribution in [-0.4, -0.2) is 71.9 Å². The van der Waals surface area contributed by atoms with Crippen molar-refractivity contribution in [2.45, 2.75) is 64.5 Å². The summed E-state index contributed by atoms with van der Waals surface area (Å²) in [5, 5.41) is 3.58. The Morgan fingerprint density at radius 1 is 0.868 bits per heavy atom. The van der Waals surface area contributed by atoms with E-state index in [1.165, 1.54) is 31.4 Å². The van der Waals surface area contributed by atoms with Gasteiger partial charge >= 0.3 is 0 Å². The van der Waals surface area contributed by atoms with Gasteiger partial charge in [0.15, 0.2) is 0 Å². The first-order chi connectivity index (χ1) is 18.6. The van der Waals surface area contributed by atoms with Crippen LogP contribution in [0.5, 0.6) is 0 Å². The SMILES string of the molecule is CC1=C(c2cccc(N3CCN(C(=O)C4CCCCC4)CC3)c2)N2C=C(C(=O)N3CCCCC3)C=CC2N1. The van der Waals surface area contributed by atoms with Gasteiger partial charge in [0.1, 0.15) is 6.17 Å². The van der Waals surface area contributed by atoms with Crippen LogP contribution in [0.15, 0.2) is 53.9 Å². The molecule has 0 radical (unpaired) electrons. The lowest BCUT2D eigenvalue weighted by Crippen LogP contribution is -2.50. The predicted molar refractivity (Wildman–Crippen MR) is 151 cm³/mol. The van der Waals surface area contributed by atoms with Gasteiger partial charge in [0, 0.05) is 68.3 Å². The maximum absolute atomic E-state index is 13.2. The highest BCUT2D eigenvalue weighted by Gasteiger charge is 2.33. The fraction of sp³-hybridized carbons (Fsp3) is 0.548. The normalized spacial score (nSPS) is 24.3. The molecule has 4 heterocycles. The molecule has 1 atom stereocenters. The van der Waals surface area contributed by atoms with E-state index in [9.17, 15) is 9.59 Å². The lowest BCUT2D eigenvalue weighted by Gasteiger charge is -2.38. The number of allylic oxidation sites excluding steroid dienone is 1. The molecule has 0 spiro atoms. The fourth-order valence-corrected chi connectivity index (χ4v) is 6.78. The Morgan fingerprint density at radius 2 is 1.61 bits per heavy atom. The number of anilines is 1. The molecule has 2 amide bonds. The second-order valence-corrected chi connectivity index (χ2v) is 11.5. The van der Waals surface area contributed by atoms with Gasteiger partial charge in [-0.15, -0.1) is 0 Å². The Balaban J connectivity index is 1.15. The van der Waals surface area contributed by atoms with Crippen molar-refractivity contribution in [1.82, 2.24) is 20.0 Å². The highest BCUT2D eigenvalue weighted by atomic mass is 16.2. The number of amides is 2.